The molecule has 0 bridgehead atoms. The van der Waals surface area contributed by atoms with Crippen LogP contribution >= 0.6 is 0 Å². The zero-order chi connectivity index (χ0) is 25.7. The summed E-state index contributed by atoms with van der Waals surface area (Å²) >= 11 is 0. The van der Waals surface area contributed by atoms with Gasteiger partial charge in [0.2, 0.25) is 0 Å². The molecule has 4 heteroatoms. The molecule has 0 aliphatic heterocycles. The van der Waals surface area contributed by atoms with Crippen LogP contribution in [0.5, 0.6) is 5.75 Å². The van der Waals surface area contributed by atoms with Gasteiger partial charge in [-0.3, -0.25) is 0 Å². The van der Waals surface area contributed by atoms with Crippen LogP contribution in [-0.2, 0) is 20.1 Å². The third-order valence-electron chi connectivity index (χ3n) is 6.57. The molecule has 0 aliphatic rings. The summed E-state index contributed by atoms with van der Waals surface area (Å²) < 4.78 is 5.34. The fourth-order valence-corrected chi connectivity index (χ4v) is 4.75. The van der Waals surface area contributed by atoms with E-state index in [1.54, 1.807) is 19.5 Å². The second-order valence-electron chi connectivity index (χ2n) is 8.84. The molecule has 0 amide bonds. The van der Waals surface area contributed by atoms with E-state index >= 15 is 0 Å². The minimum absolute atomic E-state index is 0. The summed E-state index contributed by atoms with van der Waals surface area (Å²) in [6, 6.07) is 45.4. The van der Waals surface area contributed by atoms with E-state index in [9.17, 15) is 0 Å². The number of fused-ring (bicyclic) bond motifs is 6. The Morgan fingerprint density at radius 2 is 1.18 bits per heavy atom. The number of pyridine rings is 2. The quantitative estimate of drug-likeness (QED) is 0.139. The average Bonchev–Trinajstić information content (AvgIpc) is 3.02. The topological polar surface area (TPSA) is 35.0 Å². The van der Waals surface area contributed by atoms with Gasteiger partial charge in [-0.2, -0.15) is 0 Å². The third kappa shape index (κ3) is 5.44. The Hall–Kier alpha value is -4.37. The number of rotatable bonds is 3. The molecular formula is C35H24IrN2O-2. The predicted molar refractivity (Wildman–Crippen MR) is 156 cm³/mol. The minimum Gasteiger partial charge on any atom is -0.497 e. The Bertz CT molecular complexity index is 1780. The number of hydrogen-bond donors (Lipinski definition) is 0. The maximum Gasteiger partial charge on any atom is 0.113 e. The van der Waals surface area contributed by atoms with Gasteiger partial charge >= 0.3 is 0 Å². The molecule has 2 aromatic heterocycles. The zero-order valence-electron chi connectivity index (χ0n) is 21.3. The van der Waals surface area contributed by atoms with E-state index < -0.39 is 0 Å². The number of hydrogen-bond acceptors (Lipinski definition) is 3. The van der Waals surface area contributed by atoms with E-state index in [2.05, 4.69) is 82.8 Å². The Morgan fingerprint density at radius 1 is 0.538 bits per heavy atom. The van der Waals surface area contributed by atoms with Crippen LogP contribution in [-0.4, -0.2) is 17.1 Å². The molecule has 39 heavy (non-hydrogen) atoms. The molecule has 0 saturated heterocycles. The largest absolute Gasteiger partial charge is 0.497 e. The van der Waals surface area contributed by atoms with Gasteiger partial charge < -0.3 is 14.7 Å². The van der Waals surface area contributed by atoms with Crippen LogP contribution in [0.3, 0.4) is 0 Å². The van der Waals surface area contributed by atoms with Crippen molar-refractivity contribution in [3.8, 4) is 28.3 Å². The van der Waals surface area contributed by atoms with Crippen LogP contribution in [0.2, 0.25) is 0 Å². The van der Waals surface area contributed by atoms with Gasteiger partial charge in [0.15, 0.2) is 0 Å². The maximum absolute atomic E-state index is 5.34. The van der Waals surface area contributed by atoms with Gasteiger partial charge in [-0.25, -0.2) is 0 Å². The summed E-state index contributed by atoms with van der Waals surface area (Å²) in [4.78, 5) is 8.71. The van der Waals surface area contributed by atoms with Crippen LogP contribution < -0.4 is 4.74 Å². The summed E-state index contributed by atoms with van der Waals surface area (Å²) in [7, 11) is 1.67. The van der Waals surface area contributed by atoms with E-state index in [0.29, 0.717) is 0 Å². The Kier molecular flexibility index (Phi) is 8.07. The van der Waals surface area contributed by atoms with E-state index in [1.165, 1.54) is 32.3 Å². The van der Waals surface area contributed by atoms with Crippen molar-refractivity contribution in [3.63, 3.8) is 0 Å². The molecule has 0 N–H and O–H groups in total. The van der Waals surface area contributed by atoms with Crippen molar-refractivity contribution in [2.45, 2.75) is 0 Å². The minimum atomic E-state index is 0. The second-order valence-corrected chi connectivity index (χ2v) is 8.84. The molecule has 7 rings (SSSR count). The summed E-state index contributed by atoms with van der Waals surface area (Å²) in [6.07, 6.45) is 3.56. The van der Waals surface area contributed by atoms with Crippen molar-refractivity contribution in [3.05, 3.63) is 140 Å². The van der Waals surface area contributed by atoms with Crippen molar-refractivity contribution in [2.75, 3.05) is 7.11 Å². The van der Waals surface area contributed by atoms with Crippen LogP contribution in [0.25, 0.3) is 54.8 Å². The second kappa shape index (κ2) is 12.0. The number of aromatic nitrogens is 2. The van der Waals surface area contributed by atoms with Gasteiger partial charge in [0, 0.05) is 32.5 Å². The molecule has 2 heterocycles. The standard InChI is InChI=1S/C24H16NO.C11H8N.Ir/c1-26-17-12-13-25-24(15-17)16-10-11-22-20-8-3-2-6-18(20)19-7-4-5-9-21(19)23(22)14-16;1-2-6-10(7-3-1)11-8-4-5-9-12-11;/h2-9,11-15H,1H3;1-6,8-9H;/q2*-1;. The Labute approximate surface area is 241 Å². The average molecular weight is 681 g/mol. The fourth-order valence-electron chi connectivity index (χ4n) is 4.75. The Balaban J connectivity index is 0.000000200. The number of methoxy groups -OCH3 is 1. The van der Waals surface area contributed by atoms with Gasteiger partial charge in [0.25, 0.3) is 0 Å². The summed E-state index contributed by atoms with van der Waals surface area (Å²) in [5.41, 5.74) is 3.84. The van der Waals surface area contributed by atoms with Crippen molar-refractivity contribution in [1.82, 2.24) is 9.97 Å². The summed E-state index contributed by atoms with van der Waals surface area (Å²) in [5, 5.41) is 7.48. The molecule has 5 aromatic carbocycles. The van der Waals surface area contributed by atoms with Gasteiger partial charge in [-0.1, -0.05) is 76.8 Å². The molecular weight excluding hydrogens is 657 g/mol. The molecule has 3 nitrogen and oxygen atoms in total. The number of benzene rings is 5. The molecule has 1 radical (unpaired) electrons. The maximum atomic E-state index is 5.34. The number of nitrogens with zero attached hydrogens (tertiary/aromatic N) is 2. The first-order chi connectivity index (χ1) is 18.8. The predicted octanol–water partition coefficient (Wildman–Crippen LogP) is 8.56. The van der Waals surface area contributed by atoms with Crippen molar-refractivity contribution >= 4 is 32.3 Å². The summed E-state index contributed by atoms with van der Waals surface area (Å²) in [6.45, 7) is 0. The van der Waals surface area contributed by atoms with Crippen LogP contribution in [0.15, 0.2) is 128 Å². The fraction of sp³-hybridized carbons (Fsp3) is 0.0286. The third-order valence-corrected chi connectivity index (χ3v) is 6.57. The summed E-state index contributed by atoms with van der Waals surface area (Å²) in [5.74, 6) is 0.798. The SMILES string of the molecule is COc1ccnc(-c2[c-]cc3c4ccccc4c4ccccc4c3c2)c1.[Ir].[c-]1ccccc1-c1ccccn1. The first-order valence-corrected chi connectivity index (χ1v) is 12.5. The molecule has 0 fully saturated rings. The van der Waals surface area contributed by atoms with Crippen LogP contribution in [0, 0.1) is 12.1 Å². The smallest absolute Gasteiger partial charge is 0.113 e. The van der Waals surface area contributed by atoms with Gasteiger partial charge in [-0.15, -0.1) is 59.7 Å². The number of ether oxygens (including phenoxy) is 1. The first kappa shape index (κ1) is 26.2. The van der Waals surface area contributed by atoms with Crippen molar-refractivity contribution in [1.29, 1.82) is 0 Å². The van der Waals surface area contributed by atoms with Crippen molar-refractivity contribution < 1.29 is 24.8 Å². The van der Waals surface area contributed by atoms with Gasteiger partial charge in [0.05, 0.1) is 7.11 Å². The molecule has 0 unspecified atom stereocenters. The molecule has 7 aromatic rings. The van der Waals surface area contributed by atoms with Gasteiger partial charge in [0.1, 0.15) is 5.75 Å². The molecule has 191 valence electrons. The van der Waals surface area contributed by atoms with E-state index in [0.717, 1.165) is 28.3 Å². The van der Waals surface area contributed by atoms with Gasteiger partial charge in [-0.05, 0) is 45.7 Å². The van der Waals surface area contributed by atoms with Crippen LogP contribution in [0.4, 0.5) is 0 Å². The van der Waals surface area contributed by atoms with Crippen LogP contribution in [0.1, 0.15) is 0 Å². The molecule has 0 aliphatic carbocycles. The zero-order valence-corrected chi connectivity index (χ0v) is 23.7. The molecule has 0 spiro atoms. The molecule has 0 saturated carbocycles. The Morgan fingerprint density at radius 3 is 1.82 bits per heavy atom. The van der Waals surface area contributed by atoms with Crippen molar-refractivity contribution in [2.24, 2.45) is 0 Å². The molecule has 0 atom stereocenters. The normalized spacial score (nSPS) is 10.5. The monoisotopic (exact) mass is 681 g/mol. The van der Waals surface area contributed by atoms with E-state index in [4.69, 9.17) is 4.74 Å². The van der Waals surface area contributed by atoms with E-state index in [1.807, 2.05) is 54.6 Å². The first-order valence-electron chi connectivity index (χ1n) is 12.5. The van der Waals surface area contributed by atoms with E-state index in [-0.39, 0.29) is 20.1 Å².